The van der Waals surface area contributed by atoms with Crippen LogP contribution in [0.5, 0.6) is 0 Å². The molecule has 1 aromatic carbocycles. The van der Waals surface area contributed by atoms with E-state index in [4.69, 9.17) is 5.73 Å². The van der Waals surface area contributed by atoms with E-state index in [0.29, 0.717) is 5.56 Å². The van der Waals surface area contributed by atoms with E-state index < -0.39 is 11.6 Å². The molecular formula is C14H11FN2O. The van der Waals surface area contributed by atoms with Gasteiger partial charge < -0.3 is 5.73 Å². The number of nitrogen functional groups attached to an aromatic ring is 1. The quantitative estimate of drug-likeness (QED) is 0.665. The molecule has 0 aliphatic rings. The number of rotatable bonds is 3. The summed E-state index contributed by atoms with van der Waals surface area (Å²) in [7, 11) is 0. The predicted molar refractivity (Wildman–Crippen MR) is 68.4 cm³/mol. The number of nitrogens with zero attached hydrogens (tertiary/aromatic N) is 1. The van der Waals surface area contributed by atoms with Gasteiger partial charge in [0.2, 0.25) is 0 Å². The molecule has 0 atom stereocenters. The van der Waals surface area contributed by atoms with Crippen LogP contribution in [-0.4, -0.2) is 10.8 Å². The van der Waals surface area contributed by atoms with Crippen molar-refractivity contribution in [3.8, 4) is 0 Å². The molecule has 0 unspecified atom stereocenters. The van der Waals surface area contributed by atoms with Crippen molar-refractivity contribution in [1.29, 1.82) is 0 Å². The zero-order valence-corrected chi connectivity index (χ0v) is 9.56. The lowest BCUT2D eigenvalue weighted by Gasteiger charge is -2.07. The summed E-state index contributed by atoms with van der Waals surface area (Å²) in [4.78, 5) is 16.0. The first-order chi connectivity index (χ1) is 8.61. The molecule has 0 aliphatic carbocycles. The first-order valence-electron chi connectivity index (χ1n) is 5.30. The fourth-order valence-corrected chi connectivity index (χ4v) is 1.60. The summed E-state index contributed by atoms with van der Waals surface area (Å²) in [6.07, 6.45) is 1.51. The van der Waals surface area contributed by atoms with Gasteiger partial charge in [-0.25, -0.2) is 9.37 Å². The summed E-state index contributed by atoms with van der Waals surface area (Å²) in [6, 6.07) is 9.03. The summed E-state index contributed by atoms with van der Waals surface area (Å²) < 4.78 is 13.5. The Morgan fingerprint density at radius 2 is 1.83 bits per heavy atom. The van der Waals surface area contributed by atoms with Crippen LogP contribution in [0, 0.1) is 5.82 Å². The summed E-state index contributed by atoms with van der Waals surface area (Å²) in [6.45, 7) is 3.67. The molecule has 0 spiro atoms. The number of carbonyl (C=O) groups excluding carboxylic acids is 1. The van der Waals surface area contributed by atoms with Crippen LogP contribution in [0.4, 0.5) is 10.2 Å². The largest absolute Gasteiger partial charge is 0.383 e. The predicted octanol–water partition coefficient (Wildman–Crippen LogP) is 2.70. The minimum Gasteiger partial charge on any atom is -0.383 e. The average Bonchev–Trinajstić information content (AvgIpc) is 2.38. The van der Waals surface area contributed by atoms with E-state index in [1.54, 1.807) is 18.2 Å². The van der Waals surface area contributed by atoms with E-state index in [2.05, 4.69) is 11.6 Å². The fourth-order valence-electron chi connectivity index (χ4n) is 1.60. The molecule has 0 amide bonds. The maximum Gasteiger partial charge on any atom is 0.196 e. The maximum atomic E-state index is 13.5. The van der Waals surface area contributed by atoms with Crippen molar-refractivity contribution in [3.63, 3.8) is 0 Å². The number of ketones is 1. The number of carbonyl (C=O) groups is 1. The van der Waals surface area contributed by atoms with Gasteiger partial charge in [-0.1, -0.05) is 18.7 Å². The number of Topliss-reactive ketones (excluding diaryl/α,β-unsaturated/α-hetero) is 1. The van der Waals surface area contributed by atoms with Crippen LogP contribution in [0.25, 0.3) is 5.57 Å². The van der Waals surface area contributed by atoms with Gasteiger partial charge in [-0.15, -0.1) is 0 Å². The van der Waals surface area contributed by atoms with Crippen molar-refractivity contribution in [2.45, 2.75) is 0 Å². The molecule has 18 heavy (non-hydrogen) atoms. The normalized spacial score (nSPS) is 10.1. The topological polar surface area (TPSA) is 56.0 Å². The van der Waals surface area contributed by atoms with E-state index in [1.807, 2.05) is 0 Å². The summed E-state index contributed by atoms with van der Waals surface area (Å²) in [5, 5.41) is 0. The Balaban J connectivity index is 2.39. The molecule has 2 N–H and O–H groups in total. The first-order valence-corrected chi connectivity index (χ1v) is 5.30. The van der Waals surface area contributed by atoms with Gasteiger partial charge in [0.1, 0.15) is 11.6 Å². The standard InChI is InChI=1S/C14H11FN2O/c1-9(10-6-4-8-17-14(10)16)13(18)11-5-2-3-7-12(11)15/h2-8H,1H2,(H2,16,17). The smallest absolute Gasteiger partial charge is 0.196 e. The molecule has 3 nitrogen and oxygen atoms in total. The molecule has 0 saturated heterocycles. The van der Waals surface area contributed by atoms with Crippen LogP contribution in [0.1, 0.15) is 15.9 Å². The number of allylic oxidation sites excluding steroid dienone is 1. The Kier molecular flexibility index (Phi) is 3.19. The fraction of sp³-hybridized carbons (Fsp3) is 0. The van der Waals surface area contributed by atoms with Crippen molar-refractivity contribution in [2.75, 3.05) is 5.73 Å². The van der Waals surface area contributed by atoms with E-state index >= 15 is 0 Å². The highest BCUT2D eigenvalue weighted by atomic mass is 19.1. The summed E-state index contributed by atoms with van der Waals surface area (Å²) >= 11 is 0. The number of hydrogen-bond acceptors (Lipinski definition) is 3. The Labute approximate surface area is 104 Å². The van der Waals surface area contributed by atoms with Crippen LogP contribution in [0.2, 0.25) is 0 Å². The molecule has 90 valence electrons. The van der Waals surface area contributed by atoms with Gasteiger partial charge in [-0.3, -0.25) is 4.79 Å². The molecule has 0 saturated carbocycles. The SMILES string of the molecule is C=C(C(=O)c1ccccc1F)c1cccnc1N. The Morgan fingerprint density at radius 3 is 2.50 bits per heavy atom. The number of aromatic nitrogens is 1. The van der Waals surface area contributed by atoms with Crippen LogP contribution in [0.15, 0.2) is 49.2 Å². The lowest BCUT2D eigenvalue weighted by molar-refractivity contribution is 0.105. The molecule has 1 aromatic heterocycles. The van der Waals surface area contributed by atoms with Crippen molar-refractivity contribution >= 4 is 17.2 Å². The van der Waals surface area contributed by atoms with Gasteiger partial charge in [0, 0.05) is 17.3 Å². The van der Waals surface area contributed by atoms with Gasteiger partial charge in [-0.05, 0) is 24.3 Å². The number of hydrogen-bond donors (Lipinski definition) is 1. The van der Waals surface area contributed by atoms with Crippen molar-refractivity contribution in [1.82, 2.24) is 4.98 Å². The van der Waals surface area contributed by atoms with Gasteiger partial charge in [-0.2, -0.15) is 0 Å². The van der Waals surface area contributed by atoms with Crippen LogP contribution < -0.4 is 5.73 Å². The van der Waals surface area contributed by atoms with Gasteiger partial charge in [0.25, 0.3) is 0 Å². The van der Waals surface area contributed by atoms with Crippen molar-refractivity contribution < 1.29 is 9.18 Å². The first kappa shape index (κ1) is 12.0. The molecule has 0 bridgehead atoms. The Bertz CT molecular complexity index is 567. The molecular weight excluding hydrogens is 231 g/mol. The third-order valence-corrected chi connectivity index (χ3v) is 2.56. The molecule has 2 rings (SSSR count). The van der Waals surface area contributed by atoms with Crippen molar-refractivity contribution in [2.24, 2.45) is 0 Å². The highest BCUT2D eigenvalue weighted by Crippen LogP contribution is 2.22. The second-order valence-electron chi connectivity index (χ2n) is 3.72. The minimum absolute atomic E-state index is 0.0225. The number of nitrogens with two attached hydrogens (primary N) is 1. The molecule has 4 heteroatoms. The van der Waals surface area contributed by atoms with Gasteiger partial charge in [0.05, 0.1) is 5.56 Å². The monoisotopic (exact) mass is 242 g/mol. The van der Waals surface area contributed by atoms with Crippen LogP contribution in [-0.2, 0) is 0 Å². The summed E-state index contributed by atoms with van der Waals surface area (Å²) in [5.41, 5.74) is 6.19. The van der Waals surface area contributed by atoms with E-state index in [0.717, 1.165) is 0 Å². The highest BCUT2D eigenvalue weighted by Gasteiger charge is 2.17. The lowest BCUT2D eigenvalue weighted by atomic mass is 9.98. The van der Waals surface area contributed by atoms with E-state index in [-0.39, 0.29) is 17.0 Å². The maximum absolute atomic E-state index is 13.5. The molecule has 0 aliphatic heterocycles. The number of anilines is 1. The van der Waals surface area contributed by atoms with E-state index in [1.165, 1.54) is 24.4 Å². The molecule has 0 fully saturated rings. The number of halogens is 1. The van der Waals surface area contributed by atoms with Gasteiger partial charge >= 0.3 is 0 Å². The number of benzene rings is 1. The van der Waals surface area contributed by atoms with Crippen molar-refractivity contribution in [3.05, 3.63) is 66.1 Å². The second kappa shape index (κ2) is 4.79. The Morgan fingerprint density at radius 1 is 1.17 bits per heavy atom. The molecule has 0 radical (unpaired) electrons. The van der Waals surface area contributed by atoms with Crippen LogP contribution in [0.3, 0.4) is 0 Å². The third kappa shape index (κ3) is 2.13. The third-order valence-electron chi connectivity index (χ3n) is 2.56. The average molecular weight is 242 g/mol. The zero-order valence-electron chi connectivity index (χ0n) is 9.56. The minimum atomic E-state index is -0.578. The van der Waals surface area contributed by atoms with Crippen LogP contribution >= 0.6 is 0 Å². The Hall–Kier alpha value is -2.49. The second-order valence-corrected chi connectivity index (χ2v) is 3.72. The molecule has 2 aromatic rings. The lowest BCUT2D eigenvalue weighted by Crippen LogP contribution is -2.07. The zero-order chi connectivity index (χ0) is 13.1. The number of pyridine rings is 1. The highest BCUT2D eigenvalue weighted by molar-refractivity contribution is 6.29. The van der Waals surface area contributed by atoms with E-state index in [9.17, 15) is 9.18 Å². The summed E-state index contributed by atoms with van der Waals surface area (Å²) in [5.74, 6) is -0.869. The molecule has 1 heterocycles. The van der Waals surface area contributed by atoms with Gasteiger partial charge in [0.15, 0.2) is 5.78 Å².